The topological polar surface area (TPSA) is 124 Å². The Morgan fingerprint density at radius 1 is 1.41 bits per heavy atom. The maximum atomic E-state index is 11.4. The molecule has 1 rings (SSSR count). The molecule has 0 saturated carbocycles. The van der Waals surface area contributed by atoms with E-state index in [0.717, 1.165) is 0 Å². The van der Waals surface area contributed by atoms with Crippen molar-refractivity contribution in [2.45, 2.75) is 13.0 Å². The molecule has 0 aliphatic rings. The number of primary amides is 1. The third-order valence-electron chi connectivity index (χ3n) is 1.67. The number of ether oxygens (including phenoxy) is 1. The molecular formula is C9H10N4O4. The highest BCUT2D eigenvalue weighted by atomic mass is 16.5. The van der Waals surface area contributed by atoms with E-state index in [1.165, 1.54) is 25.5 Å². The third kappa shape index (κ3) is 3.86. The summed E-state index contributed by atoms with van der Waals surface area (Å²) in [5, 5.41) is 1.79. The largest absolute Gasteiger partial charge is 0.448 e. The van der Waals surface area contributed by atoms with Crippen LogP contribution in [0.1, 0.15) is 17.4 Å². The van der Waals surface area contributed by atoms with E-state index in [1.807, 2.05) is 0 Å². The summed E-state index contributed by atoms with van der Waals surface area (Å²) >= 11 is 0. The van der Waals surface area contributed by atoms with Gasteiger partial charge >= 0.3 is 12.0 Å². The Bertz CT molecular complexity index is 434. The highest BCUT2D eigenvalue weighted by Crippen LogP contribution is 1.99. The second kappa shape index (κ2) is 5.54. The van der Waals surface area contributed by atoms with Crippen molar-refractivity contribution < 1.29 is 19.1 Å². The highest BCUT2D eigenvalue weighted by molar-refractivity contribution is 5.97. The number of nitrogens with two attached hydrogens (primary N) is 1. The van der Waals surface area contributed by atoms with Crippen molar-refractivity contribution in [2.75, 3.05) is 0 Å². The van der Waals surface area contributed by atoms with Gasteiger partial charge in [0, 0.05) is 12.4 Å². The summed E-state index contributed by atoms with van der Waals surface area (Å²) < 4.78 is 4.74. The SMILES string of the molecule is C[C@@H](OC(=O)c1cnccn1)C(=O)NC(N)=O. The van der Waals surface area contributed by atoms with Crippen LogP contribution in [0.3, 0.4) is 0 Å². The molecule has 90 valence electrons. The van der Waals surface area contributed by atoms with Gasteiger partial charge in [-0.15, -0.1) is 0 Å². The number of imide groups is 1. The number of urea groups is 1. The van der Waals surface area contributed by atoms with Crippen LogP contribution in [-0.2, 0) is 9.53 Å². The molecule has 0 spiro atoms. The predicted octanol–water partition coefficient (Wildman–Crippen LogP) is -0.783. The second-order valence-corrected chi connectivity index (χ2v) is 2.99. The quantitative estimate of drug-likeness (QED) is 0.665. The molecular weight excluding hydrogens is 228 g/mol. The molecule has 1 heterocycles. The average Bonchev–Trinajstić information content (AvgIpc) is 2.29. The van der Waals surface area contributed by atoms with Gasteiger partial charge in [-0.05, 0) is 6.92 Å². The standard InChI is InChI=1S/C9H10N4O4/c1-5(7(14)13-9(10)16)17-8(15)6-4-11-2-3-12-6/h2-5H,1H3,(H3,10,13,14,16)/t5-/m1/s1. The molecule has 0 saturated heterocycles. The van der Waals surface area contributed by atoms with Gasteiger partial charge in [-0.25, -0.2) is 14.6 Å². The molecule has 1 atom stereocenters. The number of aromatic nitrogens is 2. The van der Waals surface area contributed by atoms with Crippen LogP contribution in [0.4, 0.5) is 4.79 Å². The molecule has 0 aliphatic heterocycles. The van der Waals surface area contributed by atoms with E-state index in [4.69, 9.17) is 10.5 Å². The first-order valence-electron chi connectivity index (χ1n) is 4.58. The summed E-state index contributed by atoms with van der Waals surface area (Å²) in [5.74, 6) is -1.63. The molecule has 0 bridgehead atoms. The molecule has 17 heavy (non-hydrogen) atoms. The van der Waals surface area contributed by atoms with Crippen molar-refractivity contribution in [3.8, 4) is 0 Å². The first-order valence-corrected chi connectivity index (χ1v) is 4.58. The molecule has 0 unspecified atom stereocenters. The zero-order valence-electron chi connectivity index (χ0n) is 8.91. The maximum Gasteiger partial charge on any atom is 0.359 e. The van der Waals surface area contributed by atoms with E-state index in [-0.39, 0.29) is 5.69 Å². The molecule has 1 aromatic rings. The van der Waals surface area contributed by atoms with E-state index in [0.29, 0.717) is 0 Å². The number of esters is 1. The van der Waals surface area contributed by atoms with Crippen molar-refractivity contribution in [3.05, 3.63) is 24.3 Å². The minimum Gasteiger partial charge on any atom is -0.448 e. The smallest absolute Gasteiger partial charge is 0.359 e. The lowest BCUT2D eigenvalue weighted by Crippen LogP contribution is -2.42. The molecule has 0 radical (unpaired) electrons. The van der Waals surface area contributed by atoms with Crippen LogP contribution in [0.15, 0.2) is 18.6 Å². The first kappa shape index (κ1) is 12.6. The number of carbonyl (C=O) groups is 3. The molecule has 0 fully saturated rings. The van der Waals surface area contributed by atoms with Gasteiger partial charge in [-0.3, -0.25) is 15.1 Å². The van der Waals surface area contributed by atoms with Crippen molar-refractivity contribution in [1.82, 2.24) is 15.3 Å². The zero-order valence-corrected chi connectivity index (χ0v) is 8.91. The number of hydrogen-bond donors (Lipinski definition) is 2. The van der Waals surface area contributed by atoms with Crippen molar-refractivity contribution in [2.24, 2.45) is 5.73 Å². The Labute approximate surface area is 96.2 Å². The zero-order chi connectivity index (χ0) is 12.8. The average molecular weight is 238 g/mol. The normalized spacial score (nSPS) is 11.4. The Morgan fingerprint density at radius 3 is 2.65 bits per heavy atom. The summed E-state index contributed by atoms with van der Waals surface area (Å²) in [6, 6.07) is -1.02. The molecule has 0 aliphatic carbocycles. The second-order valence-electron chi connectivity index (χ2n) is 2.99. The van der Waals surface area contributed by atoms with Gasteiger partial charge in [-0.2, -0.15) is 0 Å². The number of rotatable bonds is 3. The van der Waals surface area contributed by atoms with Crippen LogP contribution in [0, 0.1) is 0 Å². The fourth-order valence-electron chi connectivity index (χ4n) is 0.902. The fourth-order valence-corrected chi connectivity index (χ4v) is 0.902. The van der Waals surface area contributed by atoms with Crippen molar-refractivity contribution in [1.29, 1.82) is 0 Å². The number of hydrogen-bond acceptors (Lipinski definition) is 6. The van der Waals surface area contributed by atoms with Gasteiger partial charge in [0.2, 0.25) is 0 Å². The molecule has 3 N–H and O–H groups in total. The number of nitrogens with zero attached hydrogens (tertiary/aromatic N) is 2. The summed E-state index contributed by atoms with van der Waals surface area (Å²) in [4.78, 5) is 40.4. The number of amides is 3. The lowest BCUT2D eigenvalue weighted by Gasteiger charge is -2.11. The van der Waals surface area contributed by atoms with Crippen LogP contribution in [-0.4, -0.2) is 34.0 Å². The Balaban J connectivity index is 2.57. The Kier molecular flexibility index (Phi) is 4.09. The summed E-state index contributed by atoms with van der Waals surface area (Å²) in [6.45, 7) is 1.30. The van der Waals surface area contributed by atoms with Gasteiger partial charge in [-0.1, -0.05) is 0 Å². The van der Waals surface area contributed by atoms with Gasteiger partial charge in [0.1, 0.15) is 0 Å². The van der Waals surface area contributed by atoms with E-state index in [1.54, 1.807) is 5.32 Å². The van der Waals surface area contributed by atoms with Crippen molar-refractivity contribution in [3.63, 3.8) is 0 Å². The molecule has 3 amide bonds. The predicted molar refractivity (Wildman–Crippen MR) is 54.6 cm³/mol. The van der Waals surface area contributed by atoms with Crippen LogP contribution in [0.2, 0.25) is 0 Å². The van der Waals surface area contributed by atoms with Gasteiger partial charge in [0.25, 0.3) is 5.91 Å². The van der Waals surface area contributed by atoms with Crippen molar-refractivity contribution >= 4 is 17.9 Å². The fraction of sp³-hybridized carbons (Fsp3) is 0.222. The minimum atomic E-state index is -1.16. The molecule has 1 aromatic heterocycles. The van der Waals surface area contributed by atoms with Crippen LogP contribution < -0.4 is 11.1 Å². The Hall–Kier alpha value is -2.51. The number of carbonyl (C=O) groups excluding carboxylic acids is 3. The first-order chi connectivity index (χ1) is 8.00. The van der Waals surface area contributed by atoms with Crippen LogP contribution >= 0.6 is 0 Å². The van der Waals surface area contributed by atoms with Gasteiger partial charge < -0.3 is 10.5 Å². The number of nitrogens with one attached hydrogen (secondary N) is 1. The highest BCUT2D eigenvalue weighted by Gasteiger charge is 2.20. The Morgan fingerprint density at radius 2 is 2.12 bits per heavy atom. The lowest BCUT2D eigenvalue weighted by molar-refractivity contribution is -0.127. The monoisotopic (exact) mass is 238 g/mol. The van der Waals surface area contributed by atoms with Crippen LogP contribution in [0.5, 0.6) is 0 Å². The summed E-state index contributed by atoms with van der Waals surface area (Å²) in [6.07, 6.45) is 2.74. The van der Waals surface area contributed by atoms with E-state index in [2.05, 4.69) is 9.97 Å². The minimum absolute atomic E-state index is 0.0359. The maximum absolute atomic E-state index is 11.4. The summed E-state index contributed by atoms with van der Waals surface area (Å²) in [7, 11) is 0. The van der Waals surface area contributed by atoms with Gasteiger partial charge in [0.15, 0.2) is 11.8 Å². The van der Waals surface area contributed by atoms with Crippen LogP contribution in [0.25, 0.3) is 0 Å². The van der Waals surface area contributed by atoms with E-state index < -0.39 is 24.0 Å². The molecule has 0 aromatic carbocycles. The van der Waals surface area contributed by atoms with E-state index in [9.17, 15) is 14.4 Å². The third-order valence-corrected chi connectivity index (χ3v) is 1.67. The lowest BCUT2D eigenvalue weighted by atomic mass is 10.3. The molecule has 8 nitrogen and oxygen atoms in total. The molecule has 8 heteroatoms. The van der Waals surface area contributed by atoms with E-state index >= 15 is 0 Å². The van der Waals surface area contributed by atoms with Gasteiger partial charge in [0.05, 0.1) is 6.20 Å². The summed E-state index contributed by atoms with van der Waals surface area (Å²) in [5.41, 5.74) is 4.70.